The summed E-state index contributed by atoms with van der Waals surface area (Å²) in [7, 11) is 1.50. The fourth-order valence-electron chi connectivity index (χ4n) is 2.16. The van der Waals surface area contributed by atoms with Crippen LogP contribution in [0.1, 0.15) is 35.7 Å². The molecule has 1 fully saturated rings. The SMILES string of the molecule is CCN(CC1CC1)C(=O)c1cc(C)ccc1S(=O)(=O)Cl. The van der Waals surface area contributed by atoms with Gasteiger partial charge in [0.1, 0.15) is 0 Å². The molecule has 0 spiro atoms. The Kier molecular flexibility index (Phi) is 4.39. The van der Waals surface area contributed by atoms with E-state index in [1.165, 1.54) is 6.07 Å². The Bertz CT molecular complexity index is 623. The van der Waals surface area contributed by atoms with E-state index in [1.807, 2.05) is 13.8 Å². The Morgan fingerprint density at radius 1 is 1.40 bits per heavy atom. The van der Waals surface area contributed by atoms with Crippen LogP contribution in [-0.2, 0) is 9.05 Å². The molecule has 0 aromatic heterocycles. The zero-order valence-corrected chi connectivity index (χ0v) is 13.2. The van der Waals surface area contributed by atoms with Gasteiger partial charge in [-0.05, 0) is 44.7 Å². The Labute approximate surface area is 124 Å². The van der Waals surface area contributed by atoms with Crippen molar-refractivity contribution in [2.75, 3.05) is 13.1 Å². The number of carbonyl (C=O) groups excluding carboxylic acids is 1. The van der Waals surface area contributed by atoms with Gasteiger partial charge in [-0.25, -0.2) is 8.42 Å². The van der Waals surface area contributed by atoms with Crippen molar-refractivity contribution in [3.63, 3.8) is 0 Å². The number of hydrogen-bond donors (Lipinski definition) is 0. The van der Waals surface area contributed by atoms with Gasteiger partial charge in [-0.15, -0.1) is 0 Å². The molecule has 110 valence electrons. The molecule has 0 N–H and O–H groups in total. The Balaban J connectivity index is 2.38. The van der Waals surface area contributed by atoms with Crippen LogP contribution in [0, 0.1) is 12.8 Å². The topological polar surface area (TPSA) is 54.5 Å². The third-order valence-electron chi connectivity index (χ3n) is 3.47. The number of rotatable bonds is 5. The van der Waals surface area contributed by atoms with Crippen LogP contribution in [-0.4, -0.2) is 32.3 Å². The number of halogens is 1. The highest BCUT2D eigenvalue weighted by Gasteiger charge is 2.29. The van der Waals surface area contributed by atoms with E-state index in [9.17, 15) is 13.2 Å². The second-order valence-corrected chi connectivity index (χ2v) is 7.76. The fraction of sp³-hybridized carbons (Fsp3) is 0.500. The minimum Gasteiger partial charge on any atom is -0.339 e. The van der Waals surface area contributed by atoms with Crippen LogP contribution in [0.5, 0.6) is 0 Å². The first-order valence-electron chi connectivity index (χ1n) is 6.67. The van der Waals surface area contributed by atoms with Crippen LogP contribution in [0.25, 0.3) is 0 Å². The maximum absolute atomic E-state index is 12.6. The largest absolute Gasteiger partial charge is 0.339 e. The normalized spacial score (nSPS) is 15.2. The highest BCUT2D eigenvalue weighted by molar-refractivity contribution is 8.13. The van der Waals surface area contributed by atoms with Crippen LogP contribution in [0.4, 0.5) is 0 Å². The lowest BCUT2D eigenvalue weighted by Gasteiger charge is -2.22. The van der Waals surface area contributed by atoms with E-state index < -0.39 is 9.05 Å². The molecule has 0 radical (unpaired) electrons. The number of nitrogens with zero attached hydrogens (tertiary/aromatic N) is 1. The molecule has 1 amide bonds. The maximum atomic E-state index is 12.6. The average molecular weight is 316 g/mol. The molecule has 0 bridgehead atoms. The Hall–Kier alpha value is -1.07. The lowest BCUT2D eigenvalue weighted by atomic mass is 10.1. The molecular weight excluding hydrogens is 298 g/mol. The van der Waals surface area contributed by atoms with Gasteiger partial charge in [0.2, 0.25) is 0 Å². The van der Waals surface area contributed by atoms with E-state index in [-0.39, 0.29) is 16.4 Å². The molecule has 6 heteroatoms. The van der Waals surface area contributed by atoms with Gasteiger partial charge in [0.15, 0.2) is 0 Å². The lowest BCUT2D eigenvalue weighted by Crippen LogP contribution is -2.33. The van der Waals surface area contributed by atoms with Gasteiger partial charge < -0.3 is 4.90 Å². The molecule has 1 saturated carbocycles. The number of benzene rings is 1. The number of aryl methyl sites for hydroxylation is 1. The second-order valence-electron chi connectivity index (χ2n) is 5.22. The summed E-state index contributed by atoms with van der Waals surface area (Å²) in [6, 6.07) is 4.63. The van der Waals surface area contributed by atoms with Crippen LogP contribution in [0.15, 0.2) is 23.1 Å². The predicted molar refractivity (Wildman–Crippen MR) is 78.5 cm³/mol. The Morgan fingerprint density at radius 2 is 2.05 bits per heavy atom. The van der Waals surface area contributed by atoms with E-state index in [1.54, 1.807) is 17.0 Å². The minimum absolute atomic E-state index is 0.107. The van der Waals surface area contributed by atoms with Gasteiger partial charge in [-0.2, -0.15) is 0 Å². The third-order valence-corrected chi connectivity index (χ3v) is 4.85. The van der Waals surface area contributed by atoms with Crippen molar-refractivity contribution in [1.82, 2.24) is 4.90 Å². The van der Waals surface area contributed by atoms with Crippen LogP contribution in [0.3, 0.4) is 0 Å². The summed E-state index contributed by atoms with van der Waals surface area (Å²) in [4.78, 5) is 14.1. The van der Waals surface area contributed by atoms with Crippen molar-refractivity contribution in [3.8, 4) is 0 Å². The summed E-state index contributed by atoms with van der Waals surface area (Å²) in [5.41, 5.74) is 1.00. The second kappa shape index (κ2) is 5.74. The highest BCUT2D eigenvalue weighted by atomic mass is 35.7. The molecule has 4 nitrogen and oxygen atoms in total. The molecular formula is C14H18ClNO3S. The summed E-state index contributed by atoms with van der Waals surface area (Å²) in [5.74, 6) is 0.294. The average Bonchev–Trinajstić information content (AvgIpc) is 3.17. The minimum atomic E-state index is -3.93. The van der Waals surface area contributed by atoms with Crippen molar-refractivity contribution >= 4 is 25.6 Å². The van der Waals surface area contributed by atoms with Crippen molar-refractivity contribution in [2.24, 2.45) is 5.92 Å². The first-order chi connectivity index (χ1) is 9.32. The third kappa shape index (κ3) is 3.52. The van der Waals surface area contributed by atoms with E-state index in [0.29, 0.717) is 19.0 Å². The van der Waals surface area contributed by atoms with Crippen molar-refractivity contribution in [2.45, 2.75) is 31.6 Å². The van der Waals surface area contributed by atoms with Crippen molar-refractivity contribution in [1.29, 1.82) is 0 Å². The summed E-state index contributed by atoms with van der Waals surface area (Å²) in [6.45, 7) is 4.96. The van der Waals surface area contributed by atoms with Gasteiger partial charge in [-0.1, -0.05) is 11.6 Å². The molecule has 2 rings (SSSR count). The molecule has 1 aromatic carbocycles. The molecule has 1 aromatic rings. The monoisotopic (exact) mass is 315 g/mol. The lowest BCUT2D eigenvalue weighted by molar-refractivity contribution is 0.0753. The van der Waals surface area contributed by atoms with Crippen LogP contribution < -0.4 is 0 Å². The van der Waals surface area contributed by atoms with Gasteiger partial charge in [0.25, 0.3) is 15.0 Å². The first kappa shape index (κ1) is 15.3. The fourth-order valence-corrected chi connectivity index (χ4v) is 3.20. The first-order valence-corrected chi connectivity index (χ1v) is 8.98. The molecule has 0 aliphatic heterocycles. The van der Waals surface area contributed by atoms with Gasteiger partial charge in [0, 0.05) is 23.8 Å². The quantitative estimate of drug-likeness (QED) is 0.785. The molecule has 0 atom stereocenters. The van der Waals surface area contributed by atoms with Crippen LogP contribution in [0.2, 0.25) is 0 Å². The van der Waals surface area contributed by atoms with Crippen molar-refractivity contribution in [3.05, 3.63) is 29.3 Å². The molecule has 20 heavy (non-hydrogen) atoms. The standard InChI is InChI=1S/C14H18ClNO3S/c1-3-16(9-11-5-6-11)14(17)12-8-10(2)4-7-13(12)20(15,18)19/h4,7-8,11H,3,5-6,9H2,1-2H3. The predicted octanol–water partition coefficient (Wildman–Crippen LogP) is 2.79. The van der Waals surface area contributed by atoms with E-state index in [2.05, 4.69) is 0 Å². The number of amides is 1. The highest BCUT2D eigenvalue weighted by Crippen LogP contribution is 2.31. The molecule has 1 aliphatic rings. The van der Waals surface area contributed by atoms with Crippen molar-refractivity contribution < 1.29 is 13.2 Å². The van der Waals surface area contributed by atoms with E-state index >= 15 is 0 Å². The smallest absolute Gasteiger partial charge is 0.262 e. The van der Waals surface area contributed by atoms with E-state index in [0.717, 1.165) is 18.4 Å². The molecule has 1 aliphatic carbocycles. The van der Waals surface area contributed by atoms with Gasteiger partial charge >= 0.3 is 0 Å². The number of hydrogen-bond acceptors (Lipinski definition) is 3. The number of carbonyl (C=O) groups is 1. The summed E-state index contributed by atoms with van der Waals surface area (Å²) in [6.07, 6.45) is 2.27. The van der Waals surface area contributed by atoms with E-state index in [4.69, 9.17) is 10.7 Å². The van der Waals surface area contributed by atoms with Crippen LogP contribution >= 0.6 is 10.7 Å². The Morgan fingerprint density at radius 3 is 2.55 bits per heavy atom. The summed E-state index contributed by atoms with van der Waals surface area (Å²) in [5, 5.41) is 0. The zero-order chi connectivity index (χ0) is 14.9. The van der Waals surface area contributed by atoms with Gasteiger partial charge in [0.05, 0.1) is 10.5 Å². The molecule has 0 saturated heterocycles. The summed E-state index contributed by atoms with van der Waals surface area (Å²) < 4.78 is 23.2. The molecule has 0 heterocycles. The zero-order valence-electron chi connectivity index (χ0n) is 11.6. The maximum Gasteiger partial charge on any atom is 0.262 e. The molecule has 0 unspecified atom stereocenters. The summed E-state index contributed by atoms with van der Waals surface area (Å²) >= 11 is 0. The van der Waals surface area contributed by atoms with Gasteiger partial charge in [-0.3, -0.25) is 4.79 Å².